The summed E-state index contributed by atoms with van der Waals surface area (Å²) >= 11 is 0. The van der Waals surface area contributed by atoms with Crippen LogP contribution in [0.4, 0.5) is 0 Å². The third-order valence-corrected chi connectivity index (χ3v) is 1.60. The van der Waals surface area contributed by atoms with Gasteiger partial charge in [0.05, 0.1) is 18.0 Å². The molecule has 2 rings (SSSR count). The molecule has 0 unspecified atom stereocenters. The van der Waals surface area contributed by atoms with E-state index in [4.69, 9.17) is 9.52 Å². The lowest BCUT2D eigenvalue weighted by molar-refractivity contribution is 0.0691. The minimum Gasteiger partial charge on any atom is -0.477 e. The molecule has 0 saturated heterocycles. The zero-order valence-electron chi connectivity index (χ0n) is 6.52. The number of aromatic nitrogens is 2. The summed E-state index contributed by atoms with van der Waals surface area (Å²) in [5.41, 5.74) is 0.795. The number of furan rings is 1. The molecule has 0 aliphatic carbocycles. The Morgan fingerprint density at radius 3 is 3.00 bits per heavy atom. The molecule has 0 radical (unpaired) electrons. The zero-order valence-corrected chi connectivity index (χ0v) is 6.52. The van der Waals surface area contributed by atoms with E-state index in [1.807, 2.05) is 0 Å². The van der Waals surface area contributed by atoms with Gasteiger partial charge in [-0.05, 0) is 6.07 Å². The largest absolute Gasteiger partial charge is 0.477 e. The lowest BCUT2D eigenvalue weighted by Gasteiger charge is -1.87. The van der Waals surface area contributed by atoms with E-state index in [0.717, 1.165) is 5.56 Å². The number of aromatic amines is 1. The highest BCUT2D eigenvalue weighted by molar-refractivity contribution is 5.85. The molecule has 2 N–H and O–H groups in total. The van der Waals surface area contributed by atoms with Crippen LogP contribution in [0, 0.1) is 0 Å². The number of carbonyl (C=O) groups is 1. The van der Waals surface area contributed by atoms with E-state index in [0.29, 0.717) is 5.82 Å². The predicted octanol–water partition coefficient (Wildman–Crippen LogP) is 1.37. The van der Waals surface area contributed by atoms with Crippen LogP contribution < -0.4 is 0 Å². The van der Waals surface area contributed by atoms with E-state index in [9.17, 15) is 4.79 Å². The third kappa shape index (κ3) is 1.31. The highest BCUT2D eigenvalue weighted by Crippen LogP contribution is 2.15. The first-order valence-electron chi connectivity index (χ1n) is 3.58. The maximum absolute atomic E-state index is 10.5. The number of H-pyrrole nitrogens is 1. The molecule has 0 amide bonds. The first kappa shape index (κ1) is 7.60. The highest BCUT2D eigenvalue weighted by atomic mass is 16.4. The van der Waals surface area contributed by atoms with Crippen LogP contribution in [0.1, 0.15) is 10.5 Å². The molecule has 0 aliphatic heterocycles. The van der Waals surface area contributed by atoms with Crippen molar-refractivity contribution in [2.45, 2.75) is 0 Å². The van der Waals surface area contributed by atoms with Gasteiger partial charge in [0.2, 0.25) is 0 Å². The molecule has 66 valence electrons. The van der Waals surface area contributed by atoms with Crippen LogP contribution in [0.2, 0.25) is 0 Å². The minimum absolute atomic E-state index is 0.0659. The summed E-state index contributed by atoms with van der Waals surface area (Å²) in [6.07, 6.45) is 4.26. The molecule has 2 heterocycles. The van der Waals surface area contributed by atoms with Crippen LogP contribution in [-0.4, -0.2) is 21.0 Å². The summed E-state index contributed by atoms with van der Waals surface area (Å²) in [7, 11) is 0. The van der Waals surface area contributed by atoms with Gasteiger partial charge in [0.25, 0.3) is 0 Å². The standard InChI is InChI=1S/C8H6N2O3/c11-8(12)6-3-9-7(10-6)5-1-2-13-4-5/h1-4H,(H,9,10)(H,11,12). The molecule has 5 heteroatoms. The van der Waals surface area contributed by atoms with Gasteiger partial charge >= 0.3 is 5.97 Å². The maximum atomic E-state index is 10.5. The molecule has 0 saturated carbocycles. The molecule has 0 atom stereocenters. The number of imidazole rings is 1. The molecule has 0 bridgehead atoms. The summed E-state index contributed by atoms with van der Waals surface area (Å²) in [4.78, 5) is 17.0. The van der Waals surface area contributed by atoms with Crippen molar-refractivity contribution in [1.82, 2.24) is 9.97 Å². The van der Waals surface area contributed by atoms with Gasteiger partial charge < -0.3 is 14.5 Å². The van der Waals surface area contributed by atoms with Crippen LogP contribution >= 0.6 is 0 Å². The van der Waals surface area contributed by atoms with E-state index in [-0.39, 0.29) is 5.69 Å². The Hall–Kier alpha value is -2.04. The quantitative estimate of drug-likeness (QED) is 0.727. The van der Waals surface area contributed by atoms with Crippen LogP contribution in [0.5, 0.6) is 0 Å². The second-order valence-electron chi connectivity index (χ2n) is 2.46. The molecule has 0 aromatic carbocycles. The van der Waals surface area contributed by atoms with Crippen LogP contribution in [-0.2, 0) is 0 Å². The van der Waals surface area contributed by atoms with Gasteiger partial charge in [0, 0.05) is 0 Å². The van der Waals surface area contributed by atoms with Crippen molar-refractivity contribution in [1.29, 1.82) is 0 Å². The molecule has 13 heavy (non-hydrogen) atoms. The maximum Gasteiger partial charge on any atom is 0.353 e. The third-order valence-electron chi connectivity index (χ3n) is 1.60. The average Bonchev–Trinajstić information content (AvgIpc) is 2.75. The van der Waals surface area contributed by atoms with Crippen molar-refractivity contribution in [2.24, 2.45) is 0 Å². The molecular formula is C8H6N2O3. The summed E-state index contributed by atoms with van der Waals surface area (Å²) in [6, 6.07) is 1.70. The Labute approximate surface area is 73.0 Å². The first-order chi connectivity index (χ1) is 6.27. The molecular weight excluding hydrogens is 172 g/mol. The molecule has 2 aromatic rings. The van der Waals surface area contributed by atoms with E-state index in [2.05, 4.69) is 9.97 Å². The summed E-state index contributed by atoms with van der Waals surface area (Å²) < 4.78 is 4.83. The predicted molar refractivity (Wildman–Crippen MR) is 43.2 cm³/mol. The van der Waals surface area contributed by atoms with Crippen LogP contribution in [0.25, 0.3) is 11.4 Å². The Balaban J connectivity index is 2.39. The van der Waals surface area contributed by atoms with E-state index < -0.39 is 5.97 Å². The zero-order chi connectivity index (χ0) is 9.26. The minimum atomic E-state index is -1.03. The number of nitrogens with one attached hydrogen (secondary N) is 1. The lowest BCUT2D eigenvalue weighted by Crippen LogP contribution is -1.95. The summed E-state index contributed by atoms with van der Waals surface area (Å²) in [5, 5.41) is 8.60. The second kappa shape index (κ2) is 2.78. The van der Waals surface area contributed by atoms with E-state index in [1.54, 1.807) is 6.07 Å². The number of carboxylic acids is 1. The van der Waals surface area contributed by atoms with Crippen LogP contribution in [0.15, 0.2) is 29.2 Å². The Kier molecular flexibility index (Phi) is 1.63. The number of hydrogen-bond donors (Lipinski definition) is 2. The van der Waals surface area contributed by atoms with Gasteiger partial charge in [-0.15, -0.1) is 0 Å². The lowest BCUT2D eigenvalue weighted by atomic mass is 10.3. The number of carboxylic acid groups (broad SMARTS) is 1. The number of hydrogen-bond acceptors (Lipinski definition) is 3. The average molecular weight is 178 g/mol. The first-order valence-corrected chi connectivity index (χ1v) is 3.58. The van der Waals surface area contributed by atoms with Gasteiger partial charge in [-0.1, -0.05) is 0 Å². The highest BCUT2D eigenvalue weighted by Gasteiger charge is 2.08. The van der Waals surface area contributed by atoms with Gasteiger partial charge in [-0.2, -0.15) is 0 Å². The topological polar surface area (TPSA) is 79.1 Å². The fraction of sp³-hybridized carbons (Fsp3) is 0. The Bertz CT molecular complexity index is 416. The van der Waals surface area contributed by atoms with Gasteiger partial charge in [0.15, 0.2) is 0 Å². The normalized spacial score (nSPS) is 10.2. The van der Waals surface area contributed by atoms with E-state index in [1.165, 1.54) is 18.7 Å². The van der Waals surface area contributed by atoms with Crippen molar-refractivity contribution in [3.63, 3.8) is 0 Å². The van der Waals surface area contributed by atoms with Crippen molar-refractivity contribution < 1.29 is 14.3 Å². The Morgan fingerprint density at radius 1 is 1.62 bits per heavy atom. The number of aromatic carboxylic acids is 1. The fourth-order valence-corrected chi connectivity index (χ4v) is 0.976. The molecule has 2 aromatic heterocycles. The monoisotopic (exact) mass is 178 g/mol. The van der Waals surface area contributed by atoms with Gasteiger partial charge in [-0.3, -0.25) is 0 Å². The Morgan fingerprint density at radius 2 is 2.46 bits per heavy atom. The molecule has 5 nitrogen and oxygen atoms in total. The van der Waals surface area contributed by atoms with Gasteiger partial charge in [-0.25, -0.2) is 9.78 Å². The smallest absolute Gasteiger partial charge is 0.353 e. The van der Waals surface area contributed by atoms with Crippen molar-refractivity contribution in [3.8, 4) is 11.4 Å². The number of nitrogens with zero attached hydrogens (tertiary/aromatic N) is 1. The second-order valence-corrected chi connectivity index (χ2v) is 2.46. The summed E-state index contributed by atoms with van der Waals surface area (Å²) in [6.45, 7) is 0. The molecule has 0 spiro atoms. The fourth-order valence-electron chi connectivity index (χ4n) is 0.976. The van der Waals surface area contributed by atoms with Crippen molar-refractivity contribution >= 4 is 5.97 Å². The molecule has 0 aliphatic rings. The molecule has 0 fully saturated rings. The number of rotatable bonds is 2. The SMILES string of the molecule is O=C(O)c1cnc(-c2ccoc2)[nH]1. The van der Waals surface area contributed by atoms with Crippen molar-refractivity contribution in [3.05, 3.63) is 30.5 Å². The summed E-state index contributed by atoms with van der Waals surface area (Å²) in [5.74, 6) is -0.534. The van der Waals surface area contributed by atoms with E-state index >= 15 is 0 Å². The van der Waals surface area contributed by atoms with Crippen LogP contribution in [0.3, 0.4) is 0 Å². The van der Waals surface area contributed by atoms with Gasteiger partial charge in [0.1, 0.15) is 17.8 Å². The van der Waals surface area contributed by atoms with Crippen molar-refractivity contribution in [2.75, 3.05) is 0 Å².